The fourth-order valence-corrected chi connectivity index (χ4v) is 3.48. The van der Waals surface area contributed by atoms with Gasteiger partial charge in [-0.15, -0.1) is 0 Å². The zero-order chi connectivity index (χ0) is 16.1. The minimum Gasteiger partial charge on any atom is -0.338 e. The van der Waals surface area contributed by atoms with Crippen molar-refractivity contribution in [2.24, 2.45) is 7.05 Å². The molecule has 3 rings (SSSR count). The van der Waals surface area contributed by atoms with E-state index in [0.29, 0.717) is 6.04 Å². The number of aryl methyl sites for hydroxylation is 1. The predicted molar refractivity (Wildman–Crippen MR) is 94.3 cm³/mol. The van der Waals surface area contributed by atoms with E-state index >= 15 is 0 Å². The molecule has 1 fully saturated rings. The Balaban J connectivity index is 1.42. The third-order valence-corrected chi connectivity index (χ3v) is 5.03. The number of hydrogen-bond acceptors (Lipinski definition) is 3. The van der Waals surface area contributed by atoms with Crippen LogP contribution in [0.2, 0.25) is 0 Å². The summed E-state index contributed by atoms with van der Waals surface area (Å²) in [5.41, 5.74) is 1.41. The number of rotatable bonds is 6. The van der Waals surface area contributed by atoms with E-state index in [0.717, 1.165) is 19.5 Å². The van der Waals surface area contributed by atoms with Crippen LogP contribution in [0.15, 0.2) is 42.7 Å². The maximum absolute atomic E-state index is 4.42. The number of aromatic nitrogens is 2. The van der Waals surface area contributed by atoms with Crippen molar-refractivity contribution >= 4 is 0 Å². The second-order valence-corrected chi connectivity index (χ2v) is 6.68. The summed E-state index contributed by atoms with van der Waals surface area (Å²) >= 11 is 0. The zero-order valence-electron chi connectivity index (χ0n) is 14.4. The smallest absolute Gasteiger partial charge is 0.109 e. The SMILES string of the molecule is CN(Cc1ccccc1)C1CCN(CCc2nccn2C)CC1. The molecule has 0 bridgehead atoms. The van der Waals surface area contributed by atoms with E-state index < -0.39 is 0 Å². The minimum absolute atomic E-state index is 0.708. The van der Waals surface area contributed by atoms with Crippen LogP contribution in [0.25, 0.3) is 0 Å². The Bertz CT molecular complexity index is 584. The van der Waals surface area contributed by atoms with Gasteiger partial charge < -0.3 is 9.47 Å². The highest BCUT2D eigenvalue weighted by Crippen LogP contribution is 2.17. The molecule has 1 aliphatic rings. The van der Waals surface area contributed by atoms with Crippen molar-refractivity contribution in [3.8, 4) is 0 Å². The summed E-state index contributed by atoms with van der Waals surface area (Å²) < 4.78 is 2.13. The maximum Gasteiger partial charge on any atom is 0.109 e. The first kappa shape index (κ1) is 16.2. The van der Waals surface area contributed by atoms with E-state index in [1.165, 1.54) is 37.3 Å². The van der Waals surface area contributed by atoms with Crippen molar-refractivity contribution in [2.75, 3.05) is 26.7 Å². The van der Waals surface area contributed by atoms with Crippen LogP contribution in [0.4, 0.5) is 0 Å². The monoisotopic (exact) mass is 312 g/mol. The van der Waals surface area contributed by atoms with Crippen molar-refractivity contribution in [3.63, 3.8) is 0 Å². The highest BCUT2D eigenvalue weighted by molar-refractivity contribution is 5.14. The van der Waals surface area contributed by atoms with Crippen LogP contribution >= 0.6 is 0 Å². The minimum atomic E-state index is 0.708. The summed E-state index contributed by atoms with van der Waals surface area (Å²) in [6, 6.07) is 11.5. The Hall–Kier alpha value is -1.65. The van der Waals surface area contributed by atoms with Gasteiger partial charge in [-0.3, -0.25) is 4.90 Å². The summed E-state index contributed by atoms with van der Waals surface area (Å²) in [5.74, 6) is 1.19. The van der Waals surface area contributed by atoms with Gasteiger partial charge in [0.25, 0.3) is 0 Å². The summed E-state index contributed by atoms with van der Waals surface area (Å²) in [6.07, 6.45) is 7.50. The lowest BCUT2D eigenvalue weighted by Gasteiger charge is -2.36. The highest BCUT2D eigenvalue weighted by atomic mass is 15.2. The van der Waals surface area contributed by atoms with E-state index in [4.69, 9.17) is 0 Å². The normalized spacial score (nSPS) is 17.0. The maximum atomic E-state index is 4.42. The number of benzene rings is 1. The van der Waals surface area contributed by atoms with Gasteiger partial charge in [0.15, 0.2) is 0 Å². The molecular weight excluding hydrogens is 284 g/mol. The molecule has 4 nitrogen and oxygen atoms in total. The Kier molecular flexibility index (Phi) is 5.47. The van der Waals surface area contributed by atoms with Crippen LogP contribution in [0, 0.1) is 0 Å². The van der Waals surface area contributed by atoms with Crippen molar-refractivity contribution in [1.29, 1.82) is 0 Å². The fourth-order valence-electron chi connectivity index (χ4n) is 3.48. The molecule has 0 aliphatic carbocycles. The molecule has 0 amide bonds. The highest BCUT2D eigenvalue weighted by Gasteiger charge is 2.22. The van der Waals surface area contributed by atoms with Gasteiger partial charge in [-0.05, 0) is 38.5 Å². The molecule has 0 radical (unpaired) electrons. The molecule has 4 heteroatoms. The van der Waals surface area contributed by atoms with Gasteiger partial charge >= 0.3 is 0 Å². The van der Waals surface area contributed by atoms with E-state index in [1.54, 1.807) is 0 Å². The lowest BCUT2D eigenvalue weighted by molar-refractivity contribution is 0.123. The van der Waals surface area contributed by atoms with Gasteiger partial charge in [0, 0.05) is 45.0 Å². The van der Waals surface area contributed by atoms with Gasteiger partial charge in [-0.1, -0.05) is 30.3 Å². The molecule has 0 unspecified atom stereocenters. The van der Waals surface area contributed by atoms with Crippen LogP contribution in [-0.2, 0) is 20.0 Å². The number of imidazole rings is 1. The van der Waals surface area contributed by atoms with Gasteiger partial charge in [0.2, 0.25) is 0 Å². The molecule has 0 saturated carbocycles. The Morgan fingerprint density at radius 2 is 1.91 bits per heavy atom. The second-order valence-electron chi connectivity index (χ2n) is 6.68. The van der Waals surface area contributed by atoms with Crippen LogP contribution in [0.5, 0.6) is 0 Å². The molecule has 0 spiro atoms. The second kappa shape index (κ2) is 7.75. The van der Waals surface area contributed by atoms with E-state index in [1.807, 2.05) is 12.4 Å². The topological polar surface area (TPSA) is 24.3 Å². The first-order valence-corrected chi connectivity index (χ1v) is 8.65. The Labute approximate surface area is 139 Å². The summed E-state index contributed by atoms with van der Waals surface area (Å²) in [5, 5.41) is 0. The number of piperidine rings is 1. The first-order valence-electron chi connectivity index (χ1n) is 8.65. The molecule has 0 atom stereocenters. The largest absolute Gasteiger partial charge is 0.338 e. The lowest BCUT2D eigenvalue weighted by Crippen LogP contribution is -2.43. The Morgan fingerprint density at radius 1 is 1.17 bits per heavy atom. The van der Waals surface area contributed by atoms with Crippen LogP contribution in [0.3, 0.4) is 0 Å². The molecule has 1 aromatic heterocycles. The molecule has 124 valence electrons. The summed E-state index contributed by atoms with van der Waals surface area (Å²) in [6.45, 7) is 4.58. The Morgan fingerprint density at radius 3 is 2.57 bits per heavy atom. The number of likely N-dealkylation sites (tertiary alicyclic amines) is 1. The summed E-state index contributed by atoms with van der Waals surface area (Å²) in [4.78, 5) is 9.52. The molecular formula is C19H28N4. The van der Waals surface area contributed by atoms with Crippen LogP contribution < -0.4 is 0 Å². The average molecular weight is 312 g/mol. The standard InChI is InChI=1S/C19H28N4/c1-21-15-11-20-19(21)10-14-23-12-8-18(9-13-23)22(2)16-17-6-4-3-5-7-17/h3-7,11,15,18H,8-10,12-14,16H2,1-2H3. The molecule has 1 aromatic carbocycles. The zero-order valence-corrected chi connectivity index (χ0v) is 14.4. The molecule has 2 heterocycles. The lowest BCUT2D eigenvalue weighted by atomic mass is 10.0. The van der Waals surface area contributed by atoms with E-state index in [-0.39, 0.29) is 0 Å². The van der Waals surface area contributed by atoms with Crippen molar-refractivity contribution in [2.45, 2.75) is 31.8 Å². The van der Waals surface area contributed by atoms with Crippen molar-refractivity contribution < 1.29 is 0 Å². The van der Waals surface area contributed by atoms with Gasteiger partial charge in [-0.2, -0.15) is 0 Å². The summed E-state index contributed by atoms with van der Waals surface area (Å²) in [7, 11) is 4.34. The first-order chi connectivity index (χ1) is 11.2. The number of hydrogen-bond donors (Lipinski definition) is 0. The third-order valence-electron chi connectivity index (χ3n) is 5.03. The molecule has 23 heavy (non-hydrogen) atoms. The third kappa shape index (κ3) is 4.43. The van der Waals surface area contributed by atoms with Gasteiger partial charge in [0.05, 0.1) is 0 Å². The molecule has 1 saturated heterocycles. The molecule has 2 aromatic rings. The fraction of sp³-hybridized carbons (Fsp3) is 0.526. The van der Waals surface area contributed by atoms with E-state index in [9.17, 15) is 0 Å². The van der Waals surface area contributed by atoms with E-state index in [2.05, 4.69) is 63.8 Å². The van der Waals surface area contributed by atoms with Crippen molar-refractivity contribution in [3.05, 3.63) is 54.1 Å². The quantitative estimate of drug-likeness (QED) is 0.819. The van der Waals surface area contributed by atoms with Crippen LogP contribution in [0.1, 0.15) is 24.2 Å². The average Bonchev–Trinajstić information content (AvgIpc) is 2.99. The van der Waals surface area contributed by atoms with Crippen molar-refractivity contribution in [1.82, 2.24) is 19.4 Å². The molecule has 0 N–H and O–H groups in total. The molecule has 1 aliphatic heterocycles. The van der Waals surface area contributed by atoms with Gasteiger partial charge in [0.1, 0.15) is 5.82 Å². The predicted octanol–water partition coefficient (Wildman–Crippen LogP) is 2.56. The van der Waals surface area contributed by atoms with Crippen LogP contribution in [-0.4, -0.2) is 52.1 Å². The number of nitrogens with zero attached hydrogens (tertiary/aromatic N) is 4. The van der Waals surface area contributed by atoms with Gasteiger partial charge in [-0.25, -0.2) is 4.98 Å².